The largest absolute Gasteiger partial charge is 0.489 e. The molecular weight excluding hydrogens is 530 g/mol. The smallest absolute Gasteiger partial charge is 0.267 e. The Morgan fingerprint density at radius 3 is 2.35 bits per heavy atom. The summed E-state index contributed by atoms with van der Waals surface area (Å²) in [5.74, 6) is -1.51. The minimum Gasteiger partial charge on any atom is -0.489 e. The Balaban J connectivity index is 1.45. The highest BCUT2D eigenvalue weighted by atomic mass is 35.5. The van der Waals surface area contributed by atoms with Crippen molar-refractivity contribution in [2.75, 3.05) is 6.61 Å². The molecule has 37 heavy (non-hydrogen) atoms. The van der Waals surface area contributed by atoms with E-state index in [1.54, 1.807) is 12.1 Å². The number of hydrogen-bond donors (Lipinski definition) is 3. The number of nitrogens with one attached hydrogen (secondary N) is 2. The van der Waals surface area contributed by atoms with E-state index in [9.17, 15) is 27.2 Å². The van der Waals surface area contributed by atoms with E-state index in [4.69, 9.17) is 21.1 Å². The summed E-state index contributed by atoms with van der Waals surface area (Å²) in [6.45, 7) is -0.323. The molecule has 8 nitrogen and oxygen atoms in total. The fourth-order valence-electron chi connectivity index (χ4n) is 3.96. The first-order valence-electron chi connectivity index (χ1n) is 11.1. The Hall–Kier alpha value is -3.09. The number of carbonyl (C=O) groups excluding carboxylic acids is 1. The number of sulfonamides is 1. The third-order valence-corrected chi connectivity index (χ3v) is 7.92. The van der Waals surface area contributed by atoms with Gasteiger partial charge < -0.3 is 9.47 Å². The van der Waals surface area contributed by atoms with Crippen molar-refractivity contribution in [2.45, 2.75) is 36.0 Å². The van der Waals surface area contributed by atoms with Crippen LogP contribution in [-0.2, 0) is 26.2 Å². The molecule has 0 aliphatic carbocycles. The second-order valence-electron chi connectivity index (χ2n) is 8.51. The summed E-state index contributed by atoms with van der Waals surface area (Å²) in [5, 5.41) is 9.48. The van der Waals surface area contributed by atoms with Gasteiger partial charge in [-0.3, -0.25) is 10.0 Å². The van der Waals surface area contributed by atoms with Crippen LogP contribution in [-0.4, -0.2) is 31.7 Å². The zero-order valence-electron chi connectivity index (χ0n) is 19.3. The van der Waals surface area contributed by atoms with Crippen LogP contribution in [0.2, 0.25) is 5.02 Å². The summed E-state index contributed by atoms with van der Waals surface area (Å²) in [6, 6.07) is 15.0. The summed E-state index contributed by atoms with van der Waals surface area (Å²) >= 11 is 5.99. The van der Waals surface area contributed by atoms with Crippen molar-refractivity contribution in [1.29, 1.82) is 0 Å². The first-order valence-corrected chi connectivity index (χ1v) is 13.0. The molecule has 3 aromatic rings. The Morgan fingerprint density at radius 2 is 1.76 bits per heavy atom. The van der Waals surface area contributed by atoms with Crippen molar-refractivity contribution in [3.05, 3.63) is 94.5 Å². The number of halogens is 3. The number of hydrogen-bond acceptors (Lipinski definition) is 6. The topological polar surface area (TPSA) is 114 Å². The van der Waals surface area contributed by atoms with E-state index in [-0.39, 0.29) is 36.0 Å². The fraction of sp³-hybridized carbons (Fsp3) is 0.240. The van der Waals surface area contributed by atoms with E-state index in [0.29, 0.717) is 16.9 Å². The van der Waals surface area contributed by atoms with Crippen LogP contribution in [0.25, 0.3) is 0 Å². The maximum atomic E-state index is 13.2. The van der Waals surface area contributed by atoms with Gasteiger partial charge in [-0.1, -0.05) is 29.8 Å². The molecule has 3 aromatic carbocycles. The van der Waals surface area contributed by atoms with Crippen LogP contribution >= 0.6 is 11.6 Å². The van der Waals surface area contributed by atoms with Crippen molar-refractivity contribution in [3.8, 4) is 5.75 Å². The number of hydroxylamine groups is 1. The lowest BCUT2D eigenvalue weighted by Crippen LogP contribution is -2.62. The van der Waals surface area contributed by atoms with E-state index in [2.05, 4.69) is 4.72 Å². The monoisotopic (exact) mass is 552 g/mol. The van der Waals surface area contributed by atoms with Crippen LogP contribution in [0.15, 0.2) is 71.6 Å². The summed E-state index contributed by atoms with van der Waals surface area (Å²) in [4.78, 5) is 12.4. The minimum atomic E-state index is -4.23. The maximum Gasteiger partial charge on any atom is 0.267 e. The SMILES string of the molecule is O=C(NO)C1(NS(=O)(=O)c2ccc(OCc3ccc(F)cc3Cl)cc2)CCC(c2ccc(F)cc2)OC1. The van der Waals surface area contributed by atoms with Gasteiger partial charge in [0.15, 0.2) is 0 Å². The number of carbonyl (C=O) groups is 1. The standard InChI is InChI=1S/C25H23ClF2N2O6S/c26-22-13-19(28)6-3-17(22)14-35-20-7-9-21(10-8-20)37(33,34)30-25(24(31)29-32)12-11-23(36-15-25)16-1-4-18(27)5-2-16/h1-10,13,23,30,32H,11-12,14-15H2,(H,29,31). The second-order valence-corrected chi connectivity index (χ2v) is 10.6. The van der Waals surface area contributed by atoms with Gasteiger partial charge in [0.2, 0.25) is 10.0 Å². The van der Waals surface area contributed by atoms with Gasteiger partial charge in [-0.2, -0.15) is 4.72 Å². The molecule has 1 fully saturated rings. The number of ether oxygens (including phenoxy) is 2. The quantitative estimate of drug-likeness (QED) is 0.284. The molecule has 2 unspecified atom stereocenters. The van der Waals surface area contributed by atoms with E-state index >= 15 is 0 Å². The highest BCUT2D eigenvalue weighted by molar-refractivity contribution is 7.89. The predicted molar refractivity (Wildman–Crippen MR) is 129 cm³/mol. The number of rotatable bonds is 8. The molecule has 0 saturated carbocycles. The Kier molecular flexibility index (Phi) is 8.10. The average molecular weight is 553 g/mol. The van der Waals surface area contributed by atoms with Gasteiger partial charge in [0.25, 0.3) is 5.91 Å². The van der Waals surface area contributed by atoms with Crippen LogP contribution in [0, 0.1) is 11.6 Å². The normalized spacial score (nSPS) is 19.8. The number of benzene rings is 3. The fourth-order valence-corrected chi connectivity index (χ4v) is 5.56. The van der Waals surface area contributed by atoms with Crippen LogP contribution < -0.4 is 14.9 Å². The molecule has 4 rings (SSSR count). The molecule has 0 radical (unpaired) electrons. The molecular formula is C25H23ClF2N2O6S. The third-order valence-electron chi connectivity index (χ3n) is 6.02. The second kappa shape index (κ2) is 11.1. The lowest BCUT2D eigenvalue weighted by atomic mass is 9.88. The first kappa shape index (κ1) is 27.0. The third kappa shape index (κ3) is 6.25. The zero-order valence-corrected chi connectivity index (χ0v) is 20.9. The Bertz CT molecular complexity index is 1360. The van der Waals surface area contributed by atoms with Crippen LogP contribution in [0.4, 0.5) is 8.78 Å². The van der Waals surface area contributed by atoms with Gasteiger partial charge in [-0.25, -0.2) is 22.7 Å². The van der Waals surface area contributed by atoms with Crippen molar-refractivity contribution in [2.24, 2.45) is 0 Å². The van der Waals surface area contributed by atoms with Crippen LogP contribution in [0.1, 0.15) is 30.1 Å². The van der Waals surface area contributed by atoms with Crippen molar-refractivity contribution in [1.82, 2.24) is 10.2 Å². The molecule has 196 valence electrons. The molecule has 1 heterocycles. The molecule has 1 aliphatic rings. The van der Waals surface area contributed by atoms with Gasteiger partial charge >= 0.3 is 0 Å². The lowest BCUT2D eigenvalue weighted by Gasteiger charge is -2.38. The van der Waals surface area contributed by atoms with Crippen molar-refractivity contribution >= 4 is 27.5 Å². The average Bonchev–Trinajstić information content (AvgIpc) is 2.88. The van der Waals surface area contributed by atoms with E-state index in [1.165, 1.54) is 54.0 Å². The van der Waals surface area contributed by atoms with Crippen molar-refractivity contribution in [3.63, 3.8) is 0 Å². The van der Waals surface area contributed by atoms with Gasteiger partial charge in [0.05, 0.1) is 22.6 Å². The minimum absolute atomic E-state index is 0.0142. The molecule has 0 bridgehead atoms. The van der Waals surface area contributed by atoms with E-state index in [1.807, 2.05) is 0 Å². The molecule has 1 amide bonds. The highest BCUT2D eigenvalue weighted by Gasteiger charge is 2.46. The highest BCUT2D eigenvalue weighted by Crippen LogP contribution is 2.34. The molecule has 2 atom stereocenters. The number of amides is 1. The molecule has 1 saturated heterocycles. The van der Waals surface area contributed by atoms with Gasteiger partial charge in [-0.15, -0.1) is 0 Å². The van der Waals surface area contributed by atoms with Gasteiger partial charge in [-0.05, 0) is 66.9 Å². The summed E-state index contributed by atoms with van der Waals surface area (Å²) < 4.78 is 66.4. The Labute approximate surface area is 217 Å². The van der Waals surface area contributed by atoms with Crippen molar-refractivity contribution < 1.29 is 36.7 Å². The van der Waals surface area contributed by atoms with E-state index in [0.717, 1.165) is 6.07 Å². The maximum absolute atomic E-state index is 13.2. The predicted octanol–water partition coefficient (Wildman–Crippen LogP) is 4.27. The molecule has 3 N–H and O–H groups in total. The molecule has 1 aliphatic heterocycles. The van der Waals surface area contributed by atoms with E-state index < -0.39 is 39.2 Å². The summed E-state index contributed by atoms with van der Waals surface area (Å²) in [6.07, 6.45) is -0.226. The molecule has 0 spiro atoms. The van der Waals surface area contributed by atoms with Gasteiger partial charge in [0.1, 0.15) is 29.5 Å². The molecule has 0 aromatic heterocycles. The van der Waals surface area contributed by atoms with Crippen LogP contribution in [0.3, 0.4) is 0 Å². The summed E-state index contributed by atoms with van der Waals surface area (Å²) in [5.41, 5.74) is 0.977. The molecule has 12 heteroatoms. The lowest BCUT2D eigenvalue weighted by molar-refractivity contribution is -0.143. The zero-order chi connectivity index (χ0) is 26.6. The first-order chi connectivity index (χ1) is 17.6. The van der Waals surface area contributed by atoms with Gasteiger partial charge in [0, 0.05) is 5.56 Å². The Morgan fingerprint density at radius 1 is 1.08 bits per heavy atom. The summed E-state index contributed by atoms with van der Waals surface area (Å²) in [7, 11) is -4.23. The van der Waals surface area contributed by atoms with Crippen LogP contribution in [0.5, 0.6) is 5.75 Å².